The average molecular weight is 270 g/mol. The molecule has 1 aromatic heterocycles. The van der Waals surface area contributed by atoms with E-state index in [0.717, 1.165) is 16.6 Å². The fourth-order valence-corrected chi connectivity index (χ4v) is 3.07. The maximum Gasteiger partial charge on any atom is 0.234 e. The number of carbonyl (C=O) groups excluding carboxylic acids is 2. The molecule has 3 rings (SSSR count). The number of nitrogen functional groups attached to an aromatic ring is 1. The number of rotatable bonds is 1. The Hall–Kier alpha value is -2.10. The van der Waals surface area contributed by atoms with Crippen molar-refractivity contribution in [3.05, 3.63) is 30.0 Å². The van der Waals surface area contributed by atoms with E-state index in [1.54, 1.807) is 4.57 Å². The first kappa shape index (κ1) is 12.9. The molecule has 2 aromatic rings. The molecule has 0 aliphatic heterocycles. The first-order chi connectivity index (χ1) is 9.58. The minimum absolute atomic E-state index is 0.0680. The summed E-state index contributed by atoms with van der Waals surface area (Å²) in [6.45, 7) is 1.92. The molecule has 0 spiro atoms. The second-order valence-electron chi connectivity index (χ2n) is 5.56. The molecule has 4 heteroatoms. The molecule has 1 aliphatic carbocycles. The van der Waals surface area contributed by atoms with Crippen LogP contribution in [-0.2, 0) is 4.79 Å². The largest absolute Gasteiger partial charge is 0.397 e. The van der Waals surface area contributed by atoms with Gasteiger partial charge in [-0.3, -0.25) is 14.2 Å². The summed E-state index contributed by atoms with van der Waals surface area (Å²) in [4.78, 5) is 24.1. The standard InChI is InChI=1S/C16H18N2O2/c1-10-9-12-3-2-4-14(17)15(12)18(10)16(20)11-5-7-13(19)8-6-11/h2-4,9,11H,5-8,17H2,1H3. The van der Waals surface area contributed by atoms with Gasteiger partial charge in [-0.1, -0.05) is 12.1 Å². The molecule has 0 unspecified atom stereocenters. The van der Waals surface area contributed by atoms with E-state index in [-0.39, 0.29) is 17.6 Å². The highest BCUT2D eigenvalue weighted by atomic mass is 16.2. The topological polar surface area (TPSA) is 65.1 Å². The van der Waals surface area contributed by atoms with Crippen LogP contribution in [-0.4, -0.2) is 16.3 Å². The summed E-state index contributed by atoms with van der Waals surface area (Å²) in [5.74, 6) is 0.271. The Balaban J connectivity index is 2.03. The monoisotopic (exact) mass is 270 g/mol. The third-order valence-corrected chi connectivity index (χ3v) is 4.15. The quantitative estimate of drug-likeness (QED) is 0.810. The molecule has 20 heavy (non-hydrogen) atoms. The van der Waals surface area contributed by atoms with Crippen molar-refractivity contribution in [3.63, 3.8) is 0 Å². The van der Waals surface area contributed by atoms with Crippen LogP contribution < -0.4 is 5.73 Å². The number of aromatic nitrogens is 1. The normalized spacial score (nSPS) is 16.8. The van der Waals surface area contributed by atoms with Gasteiger partial charge in [-0.2, -0.15) is 0 Å². The number of hydrogen-bond donors (Lipinski definition) is 1. The van der Waals surface area contributed by atoms with Gasteiger partial charge in [-0.05, 0) is 31.9 Å². The van der Waals surface area contributed by atoms with Crippen molar-refractivity contribution < 1.29 is 9.59 Å². The summed E-state index contributed by atoms with van der Waals surface area (Å²) in [5.41, 5.74) is 8.35. The number of Topliss-reactive ketones (excluding diaryl/α,β-unsaturated/α-hetero) is 1. The third-order valence-electron chi connectivity index (χ3n) is 4.15. The lowest BCUT2D eigenvalue weighted by molar-refractivity contribution is -0.120. The molecular weight excluding hydrogens is 252 g/mol. The summed E-state index contributed by atoms with van der Waals surface area (Å²) >= 11 is 0. The van der Waals surface area contributed by atoms with Gasteiger partial charge in [0.2, 0.25) is 5.91 Å². The van der Waals surface area contributed by atoms with E-state index in [9.17, 15) is 9.59 Å². The van der Waals surface area contributed by atoms with Gasteiger partial charge in [0.1, 0.15) is 5.78 Å². The molecule has 0 bridgehead atoms. The predicted octanol–water partition coefficient (Wildman–Crippen LogP) is 2.93. The smallest absolute Gasteiger partial charge is 0.234 e. The number of benzene rings is 1. The van der Waals surface area contributed by atoms with E-state index in [0.29, 0.717) is 31.4 Å². The zero-order valence-electron chi connectivity index (χ0n) is 11.6. The molecule has 0 saturated heterocycles. The molecule has 1 aromatic carbocycles. The molecule has 1 heterocycles. The highest BCUT2D eigenvalue weighted by Gasteiger charge is 2.27. The number of nitrogens with zero attached hydrogens (tertiary/aromatic N) is 1. The second kappa shape index (κ2) is 4.78. The zero-order valence-corrected chi connectivity index (χ0v) is 11.6. The van der Waals surface area contributed by atoms with E-state index in [1.165, 1.54) is 0 Å². The van der Waals surface area contributed by atoms with E-state index in [1.807, 2.05) is 31.2 Å². The lowest BCUT2D eigenvalue weighted by Gasteiger charge is -2.21. The van der Waals surface area contributed by atoms with Crippen LogP contribution in [0.2, 0.25) is 0 Å². The van der Waals surface area contributed by atoms with Gasteiger partial charge >= 0.3 is 0 Å². The second-order valence-corrected chi connectivity index (χ2v) is 5.56. The molecule has 2 N–H and O–H groups in total. The lowest BCUT2D eigenvalue weighted by atomic mass is 9.87. The van der Waals surface area contributed by atoms with Crippen LogP contribution in [0.5, 0.6) is 0 Å². The van der Waals surface area contributed by atoms with Crippen LogP contribution in [0.25, 0.3) is 10.9 Å². The van der Waals surface area contributed by atoms with E-state index in [2.05, 4.69) is 0 Å². The summed E-state index contributed by atoms with van der Waals surface area (Å²) in [6.07, 6.45) is 2.35. The Labute approximate surface area is 117 Å². The molecule has 0 radical (unpaired) electrons. The van der Waals surface area contributed by atoms with Gasteiger partial charge in [-0.25, -0.2) is 0 Å². The number of fused-ring (bicyclic) bond motifs is 1. The first-order valence-electron chi connectivity index (χ1n) is 7.00. The molecule has 0 amide bonds. The Morgan fingerprint density at radius 1 is 1.30 bits per heavy atom. The molecule has 1 saturated carbocycles. The van der Waals surface area contributed by atoms with Crippen molar-refractivity contribution in [3.8, 4) is 0 Å². The molecule has 4 nitrogen and oxygen atoms in total. The van der Waals surface area contributed by atoms with Crippen molar-refractivity contribution in [1.29, 1.82) is 0 Å². The fourth-order valence-electron chi connectivity index (χ4n) is 3.07. The van der Waals surface area contributed by atoms with Crippen molar-refractivity contribution in [1.82, 2.24) is 4.57 Å². The SMILES string of the molecule is Cc1cc2cccc(N)c2n1C(=O)C1CCC(=O)CC1. The minimum Gasteiger partial charge on any atom is -0.397 e. The van der Waals surface area contributed by atoms with Crippen LogP contribution in [0, 0.1) is 12.8 Å². The number of aryl methyl sites for hydroxylation is 1. The van der Waals surface area contributed by atoms with Crippen LogP contribution in [0.3, 0.4) is 0 Å². The van der Waals surface area contributed by atoms with Gasteiger partial charge < -0.3 is 5.73 Å². The Bertz CT molecular complexity index is 690. The van der Waals surface area contributed by atoms with Gasteiger partial charge in [0.15, 0.2) is 0 Å². The Morgan fingerprint density at radius 2 is 2.00 bits per heavy atom. The molecule has 1 fully saturated rings. The minimum atomic E-state index is -0.0680. The fraction of sp³-hybridized carbons (Fsp3) is 0.375. The number of hydrogen-bond acceptors (Lipinski definition) is 3. The predicted molar refractivity (Wildman–Crippen MR) is 78.7 cm³/mol. The van der Waals surface area contributed by atoms with Crippen LogP contribution in [0.4, 0.5) is 5.69 Å². The van der Waals surface area contributed by atoms with Crippen LogP contribution in [0.1, 0.15) is 36.2 Å². The number of anilines is 1. The summed E-state index contributed by atoms with van der Waals surface area (Å²) < 4.78 is 1.73. The zero-order chi connectivity index (χ0) is 14.3. The van der Waals surface area contributed by atoms with Crippen LogP contribution in [0.15, 0.2) is 24.3 Å². The maximum absolute atomic E-state index is 12.8. The highest BCUT2D eigenvalue weighted by molar-refractivity contribution is 6.00. The summed E-state index contributed by atoms with van der Waals surface area (Å²) in [5, 5.41) is 0.989. The van der Waals surface area contributed by atoms with E-state index in [4.69, 9.17) is 5.73 Å². The molecule has 0 atom stereocenters. The van der Waals surface area contributed by atoms with Crippen LogP contribution >= 0.6 is 0 Å². The molecular formula is C16H18N2O2. The highest BCUT2D eigenvalue weighted by Crippen LogP contribution is 2.29. The number of nitrogens with two attached hydrogens (primary N) is 1. The Kier molecular flexibility index (Phi) is 3.08. The van der Waals surface area contributed by atoms with Gasteiger partial charge in [0.05, 0.1) is 11.2 Å². The van der Waals surface area contributed by atoms with Crippen molar-refractivity contribution in [2.45, 2.75) is 32.6 Å². The van der Waals surface area contributed by atoms with Gasteiger partial charge in [-0.15, -0.1) is 0 Å². The number of carbonyl (C=O) groups is 2. The van der Waals surface area contributed by atoms with Crippen molar-refractivity contribution in [2.75, 3.05) is 5.73 Å². The Morgan fingerprint density at radius 3 is 2.70 bits per heavy atom. The molecule has 1 aliphatic rings. The average Bonchev–Trinajstić information content (AvgIpc) is 2.76. The van der Waals surface area contributed by atoms with Gasteiger partial charge in [0.25, 0.3) is 0 Å². The number of ketones is 1. The van der Waals surface area contributed by atoms with Crippen molar-refractivity contribution in [2.24, 2.45) is 5.92 Å². The van der Waals surface area contributed by atoms with Gasteiger partial charge in [0, 0.05) is 29.8 Å². The molecule has 104 valence electrons. The first-order valence-corrected chi connectivity index (χ1v) is 7.00. The van der Waals surface area contributed by atoms with E-state index >= 15 is 0 Å². The summed E-state index contributed by atoms with van der Waals surface area (Å²) in [6, 6.07) is 7.66. The maximum atomic E-state index is 12.8. The van der Waals surface area contributed by atoms with E-state index < -0.39 is 0 Å². The van der Waals surface area contributed by atoms with Crippen molar-refractivity contribution >= 4 is 28.3 Å². The third kappa shape index (κ3) is 2.01. The lowest BCUT2D eigenvalue weighted by Crippen LogP contribution is -2.27. The summed E-state index contributed by atoms with van der Waals surface area (Å²) in [7, 11) is 0. The number of para-hydroxylation sites is 1.